The summed E-state index contributed by atoms with van der Waals surface area (Å²) >= 11 is 5.89. The van der Waals surface area contributed by atoms with Gasteiger partial charge in [-0.15, -0.1) is 0 Å². The highest BCUT2D eigenvalue weighted by Crippen LogP contribution is 2.26. The summed E-state index contributed by atoms with van der Waals surface area (Å²) in [7, 11) is -4.16. The van der Waals surface area contributed by atoms with Gasteiger partial charge in [-0.1, -0.05) is 85.6 Å². The van der Waals surface area contributed by atoms with Crippen LogP contribution >= 0.6 is 11.6 Å². The van der Waals surface area contributed by atoms with Gasteiger partial charge in [-0.2, -0.15) is 0 Å². The van der Waals surface area contributed by atoms with E-state index in [9.17, 15) is 22.8 Å². The number of carbonyl (C=O) groups excluding carboxylic acids is 3. The van der Waals surface area contributed by atoms with Crippen LogP contribution in [0.25, 0.3) is 11.1 Å². The zero-order valence-electron chi connectivity index (χ0n) is 25.4. The number of hydrogen-bond donors (Lipinski definition) is 2. The molecule has 4 rings (SSSR count). The van der Waals surface area contributed by atoms with E-state index >= 15 is 0 Å². The minimum atomic E-state index is -4.16. The van der Waals surface area contributed by atoms with E-state index in [1.165, 1.54) is 24.3 Å². The molecule has 2 amide bonds. The van der Waals surface area contributed by atoms with Crippen molar-refractivity contribution in [2.75, 3.05) is 5.32 Å². The van der Waals surface area contributed by atoms with Gasteiger partial charge in [0.15, 0.2) is 5.78 Å². The summed E-state index contributed by atoms with van der Waals surface area (Å²) in [5.41, 5.74) is 4.75. The van der Waals surface area contributed by atoms with E-state index < -0.39 is 21.8 Å². The van der Waals surface area contributed by atoms with Crippen LogP contribution in [0, 0.1) is 12.8 Å². The fraction of sp³-hybridized carbons (Fsp3) is 0.250. The summed E-state index contributed by atoms with van der Waals surface area (Å²) in [6, 6.07) is 28.1. The highest BCUT2D eigenvalue weighted by Gasteiger charge is 2.27. The molecule has 4 aromatic rings. The maximum absolute atomic E-state index is 13.6. The van der Waals surface area contributed by atoms with Crippen molar-refractivity contribution in [1.29, 1.82) is 0 Å². The molecular formula is C36H37ClN2O5S. The number of aryl methyl sites for hydroxylation is 2. The molecule has 4 aromatic carbocycles. The van der Waals surface area contributed by atoms with E-state index in [2.05, 4.69) is 10.0 Å². The summed E-state index contributed by atoms with van der Waals surface area (Å²) in [4.78, 5) is 38.9. The predicted molar refractivity (Wildman–Crippen MR) is 179 cm³/mol. The molecule has 0 fully saturated rings. The Morgan fingerprint density at radius 3 is 2.16 bits per heavy atom. The normalized spacial score (nSPS) is 11.9. The van der Waals surface area contributed by atoms with Crippen LogP contribution in [-0.2, 0) is 26.0 Å². The van der Waals surface area contributed by atoms with Gasteiger partial charge in [0.05, 0.1) is 4.90 Å². The highest BCUT2D eigenvalue weighted by atomic mass is 35.5. The first kappa shape index (κ1) is 33.6. The van der Waals surface area contributed by atoms with Gasteiger partial charge in [0, 0.05) is 35.0 Å². The quantitative estimate of drug-likeness (QED) is 0.136. The van der Waals surface area contributed by atoms with Crippen LogP contribution in [0.4, 0.5) is 5.69 Å². The Hall–Kier alpha value is -4.27. The number of sulfonamides is 1. The first-order valence-corrected chi connectivity index (χ1v) is 16.8. The Morgan fingerprint density at radius 1 is 0.844 bits per heavy atom. The van der Waals surface area contributed by atoms with Crippen molar-refractivity contribution < 1.29 is 22.8 Å². The lowest BCUT2D eigenvalue weighted by atomic mass is 9.89. The molecular weight excluding hydrogens is 608 g/mol. The van der Waals surface area contributed by atoms with Crippen molar-refractivity contribution in [3.63, 3.8) is 0 Å². The predicted octanol–water partition coefficient (Wildman–Crippen LogP) is 7.77. The summed E-state index contributed by atoms with van der Waals surface area (Å²) in [6.45, 7) is 3.88. The summed E-state index contributed by atoms with van der Waals surface area (Å²) in [5, 5.41) is 3.28. The van der Waals surface area contributed by atoms with Gasteiger partial charge < -0.3 is 5.32 Å². The maximum Gasteiger partial charge on any atom is 0.264 e. The molecule has 0 aromatic heterocycles. The number of halogens is 1. The van der Waals surface area contributed by atoms with Crippen LogP contribution in [0.1, 0.15) is 60.5 Å². The first-order chi connectivity index (χ1) is 21.6. The lowest BCUT2D eigenvalue weighted by Gasteiger charge is -2.17. The number of nitrogens with one attached hydrogen (secondary N) is 2. The third-order valence-electron chi connectivity index (χ3n) is 7.57. The van der Waals surface area contributed by atoms with Crippen LogP contribution in [0.15, 0.2) is 102 Å². The molecule has 2 N–H and O–H groups in total. The summed E-state index contributed by atoms with van der Waals surface area (Å²) < 4.78 is 28.1. The second-order valence-corrected chi connectivity index (χ2v) is 13.1. The van der Waals surface area contributed by atoms with Crippen LogP contribution in [0.5, 0.6) is 0 Å². The Morgan fingerprint density at radius 2 is 1.51 bits per heavy atom. The second kappa shape index (κ2) is 15.6. The molecule has 0 heterocycles. The van der Waals surface area contributed by atoms with Crippen molar-refractivity contribution >= 4 is 44.9 Å². The molecule has 7 nitrogen and oxygen atoms in total. The van der Waals surface area contributed by atoms with Gasteiger partial charge in [-0.3, -0.25) is 14.4 Å². The lowest BCUT2D eigenvalue weighted by Crippen LogP contribution is -2.37. The molecule has 9 heteroatoms. The molecule has 0 aliphatic rings. The third-order valence-corrected chi connectivity index (χ3v) is 9.19. The molecule has 0 bridgehead atoms. The number of hydrogen-bond acceptors (Lipinski definition) is 5. The molecule has 0 saturated heterocycles. The van der Waals surface area contributed by atoms with Crippen LogP contribution in [-0.4, -0.2) is 26.0 Å². The number of carbonyl (C=O) groups is 3. The Kier molecular flexibility index (Phi) is 11.7. The number of amides is 2. The monoisotopic (exact) mass is 644 g/mol. The lowest BCUT2D eigenvalue weighted by molar-refractivity contribution is -0.123. The van der Waals surface area contributed by atoms with E-state index in [0.29, 0.717) is 23.4 Å². The van der Waals surface area contributed by atoms with E-state index in [0.717, 1.165) is 40.8 Å². The molecule has 0 radical (unpaired) electrons. The van der Waals surface area contributed by atoms with E-state index in [1.807, 2.05) is 80.6 Å². The average molecular weight is 645 g/mol. The van der Waals surface area contributed by atoms with Crippen molar-refractivity contribution in [2.45, 2.75) is 57.3 Å². The van der Waals surface area contributed by atoms with Gasteiger partial charge in [-0.05, 0) is 84.8 Å². The Bertz CT molecular complexity index is 1740. The minimum Gasteiger partial charge on any atom is -0.326 e. The smallest absolute Gasteiger partial charge is 0.264 e. The van der Waals surface area contributed by atoms with Gasteiger partial charge in [0.25, 0.3) is 10.0 Å². The minimum absolute atomic E-state index is 0.0124. The van der Waals surface area contributed by atoms with Crippen molar-refractivity contribution in [1.82, 2.24) is 4.72 Å². The van der Waals surface area contributed by atoms with E-state index in [-0.39, 0.29) is 29.4 Å². The van der Waals surface area contributed by atoms with Crippen LogP contribution in [0.3, 0.4) is 0 Å². The second-order valence-electron chi connectivity index (χ2n) is 11.0. The maximum atomic E-state index is 13.6. The van der Waals surface area contributed by atoms with Crippen molar-refractivity contribution in [2.24, 2.45) is 5.92 Å². The fourth-order valence-corrected chi connectivity index (χ4v) is 6.17. The zero-order valence-corrected chi connectivity index (χ0v) is 27.0. The molecule has 0 aliphatic heterocycles. The van der Waals surface area contributed by atoms with Crippen molar-refractivity contribution in [3.8, 4) is 11.1 Å². The molecule has 0 saturated carbocycles. The first-order valence-electron chi connectivity index (χ1n) is 15.0. The number of rotatable bonds is 14. The standard InChI is InChI=1S/C36H37ClN2O5S/c1-3-4-10-35(41)38-31-18-13-27(14-19-31)28-15-22-33(25(2)23-28)34(40)24-29(12-11-26-8-6-5-7-9-26)36(42)39-45(43,44)32-20-16-30(37)17-21-32/h5-9,13-23,29H,3-4,10-12,24H2,1-2H3,(H,38,41)(H,39,42). The molecule has 1 atom stereocenters. The van der Waals surface area contributed by atoms with Crippen LogP contribution in [0.2, 0.25) is 5.02 Å². The number of anilines is 1. The van der Waals surface area contributed by atoms with E-state index in [1.54, 1.807) is 6.07 Å². The molecule has 1 unspecified atom stereocenters. The topological polar surface area (TPSA) is 109 Å². The highest BCUT2D eigenvalue weighted by molar-refractivity contribution is 7.90. The molecule has 0 aliphatic carbocycles. The number of ketones is 1. The third kappa shape index (κ3) is 9.61. The number of benzene rings is 4. The van der Waals surface area contributed by atoms with Gasteiger partial charge in [0.1, 0.15) is 0 Å². The number of unbranched alkanes of at least 4 members (excludes halogenated alkanes) is 1. The zero-order chi connectivity index (χ0) is 32.4. The summed E-state index contributed by atoms with van der Waals surface area (Å²) in [6.07, 6.45) is 2.92. The SMILES string of the molecule is CCCCC(=O)Nc1ccc(-c2ccc(C(=O)CC(CCc3ccccc3)C(=O)NS(=O)(=O)c3ccc(Cl)cc3)c(C)c2)cc1. The Balaban J connectivity index is 1.49. The summed E-state index contributed by atoms with van der Waals surface area (Å²) in [5.74, 6) is -1.87. The van der Waals surface area contributed by atoms with Gasteiger partial charge >= 0.3 is 0 Å². The van der Waals surface area contributed by atoms with Crippen molar-refractivity contribution in [3.05, 3.63) is 119 Å². The number of Topliss-reactive ketones (excluding diaryl/α,β-unsaturated/α-hetero) is 1. The van der Waals surface area contributed by atoms with Crippen LogP contribution < -0.4 is 10.0 Å². The van der Waals surface area contributed by atoms with Gasteiger partial charge in [0.2, 0.25) is 11.8 Å². The molecule has 234 valence electrons. The average Bonchev–Trinajstić information content (AvgIpc) is 3.02. The largest absolute Gasteiger partial charge is 0.326 e. The van der Waals surface area contributed by atoms with E-state index in [4.69, 9.17) is 11.6 Å². The van der Waals surface area contributed by atoms with Gasteiger partial charge in [-0.25, -0.2) is 13.1 Å². The fourth-order valence-electron chi connectivity index (χ4n) is 5.00. The molecule has 0 spiro atoms. The Labute approximate surface area is 270 Å². The molecule has 45 heavy (non-hydrogen) atoms.